The first-order valence-corrected chi connectivity index (χ1v) is 8.22. The minimum atomic E-state index is -4.41. The Morgan fingerprint density at radius 1 is 1.33 bits per heavy atom. The second kappa shape index (κ2) is 7.93. The van der Waals surface area contributed by atoms with Crippen molar-refractivity contribution in [3.63, 3.8) is 0 Å². The molecule has 0 aliphatic carbocycles. The quantitative estimate of drug-likeness (QED) is 0.383. The van der Waals surface area contributed by atoms with Crippen LogP contribution in [0.15, 0.2) is 47.6 Å². The van der Waals surface area contributed by atoms with E-state index in [1.54, 1.807) is 18.0 Å². The standard InChI is InChI=1S/C11H11N3S.CH4O4S/c1-15-11-7-9(12)8-13-14(11)10-5-3-2-4-6-10;1-5-6(2,3)4/h2-8,12H,1H3;1H3,(H,2,3,4). The summed E-state index contributed by atoms with van der Waals surface area (Å²) in [6, 6.07) is 11.9. The monoisotopic (exact) mass is 329 g/mol. The number of benzene rings is 1. The fourth-order valence-electron chi connectivity index (χ4n) is 1.33. The Hall–Kier alpha value is -1.68. The van der Waals surface area contributed by atoms with Crippen molar-refractivity contribution in [2.24, 2.45) is 0 Å². The first-order valence-electron chi connectivity index (χ1n) is 5.66. The highest BCUT2D eigenvalue weighted by Gasteiger charge is 2.14. The summed E-state index contributed by atoms with van der Waals surface area (Å²) in [5.41, 5.74) is 7.42. The number of para-hydroxylation sites is 1. The normalized spacial score (nSPS) is 10.6. The van der Waals surface area contributed by atoms with Crippen LogP contribution in [0.1, 0.15) is 0 Å². The molecular weight excluding hydrogens is 314 g/mol. The number of nitrogen functional groups attached to an aromatic ring is 1. The Balaban J connectivity index is 0.000000315. The van der Waals surface area contributed by atoms with Gasteiger partial charge in [0.05, 0.1) is 12.8 Å². The van der Waals surface area contributed by atoms with Crippen molar-refractivity contribution in [1.82, 2.24) is 5.10 Å². The number of thioether (sulfide) groups is 1. The van der Waals surface area contributed by atoms with Crippen LogP contribution in [0.2, 0.25) is 0 Å². The Morgan fingerprint density at radius 3 is 2.38 bits per heavy atom. The summed E-state index contributed by atoms with van der Waals surface area (Å²) in [6.07, 6.45) is 3.67. The van der Waals surface area contributed by atoms with E-state index in [-0.39, 0.29) is 0 Å². The minimum Gasteiger partial charge on any atom is -0.726 e. The van der Waals surface area contributed by atoms with Gasteiger partial charge in [-0.25, -0.2) is 8.42 Å². The van der Waals surface area contributed by atoms with Gasteiger partial charge >= 0.3 is 0 Å². The molecule has 0 aliphatic heterocycles. The van der Waals surface area contributed by atoms with Gasteiger partial charge in [-0.1, -0.05) is 30.0 Å². The SMILES string of the molecule is COS(=O)(=O)[O-].CSc1cc(N)cn[n+]1-c1ccccc1. The van der Waals surface area contributed by atoms with Crippen molar-refractivity contribution in [3.8, 4) is 5.69 Å². The highest BCUT2D eigenvalue weighted by molar-refractivity contribution is 7.98. The summed E-state index contributed by atoms with van der Waals surface area (Å²) in [5, 5.41) is 5.32. The number of nitrogens with two attached hydrogens (primary N) is 1. The van der Waals surface area contributed by atoms with E-state index in [2.05, 4.69) is 9.28 Å². The molecule has 2 N–H and O–H groups in total. The predicted octanol–water partition coefficient (Wildman–Crippen LogP) is 0.755. The fraction of sp³-hybridized carbons (Fsp3) is 0.167. The molecule has 114 valence electrons. The maximum Gasteiger partial charge on any atom is 0.274 e. The number of aromatic nitrogens is 2. The molecule has 0 aliphatic rings. The third-order valence-corrected chi connectivity index (χ3v) is 3.35. The number of hydrogen-bond acceptors (Lipinski definition) is 7. The van der Waals surface area contributed by atoms with Gasteiger partial charge in [-0.05, 0) is 10.9 Å². The molecule has 1 aromatic carbocycles. The Kier molecular flexibility index (Phi) is 6.56. The predicted molar refractivity (Wildman–Crippen MR) is 78.7 cm³/mol. The average Bonchev–Trinajstić information content (AvgIpc) is 2.48. The van der Waals surface area contributed by atoms with Crippen LogP contribution in [0.4, 0.5) is 5.69 Å². The zero-order chi connectivity index (χ0) is 15.9. The molecule has 9 heteroatoms. The lowest BCUT2D eigenvalue weighted by Crippen LogP contribution is -2.37. The molecular formula is C12H15N3O4S2. The summed E-state index contributed by atoms with van der Waals surface area (Å²) in [6.45, 7) is 0. The van der Waals surface area contributed by atoms with Crippen LogP contribution in [0.5, 0.6) is 0 Å². The zero-order valence-electron chi connectivity index (χ0n) is 11.5. The van der Waals surface area contributed by atoms with Gasteiger partial charge in [-0.2, -0.15) is 0 Å². The van der Waals surface area contributed by atoms with Gasteiger partial charge in [0.15, 0.2) is 0 Å². The fourth-order valence-corrected chi connectivity index (χ4v) is 1.91. The average molecular weight is 329 g/mol. The molecule has 7 nitrogen and oxygen atoms in total. The van der Waals surface area contributed by atoms with E-state index in [0.29, 0.717) is 5.69 Å². The molecule has 2 aromatic rings. The molecule has 0 spiro atoms. The highest BCUT2D eigenvalue weighted by Crippen LogP contribution is 2.13. The van der Waals surface area contributed by atoms with Gasteiger partial charge in [0, 0.05) is 23.3 Å². The zero-order valence-corrected chi connectivity index (χ0v) is 13.1. The Labute approximate surface area is 127 Å². The van der Waals surface area contributed by atoms with Gasteiger partial charge in [-0.15, -0.1) is 0 Å². The van der Waals surface area contributed by atoms with Crippen LogP contribution in [0.3, 0.4) is 0 Å². The summed E-state index contributed by atoms with van der Waals surface area (Å²) in [7, 11) is -3.60. The van der Waals surface area contributed by atoms with E-state index < -0.39 is 10.4 Å². The first kappa shape index (κ1) is 17.4. The molecule has 0 bridgehead atoms. The maximum absolute atomic E-state index is 9.22. The van der Waals surface area contributed by atoms with Crippen LogP contribution < -0.4 is 10.4 Å². The van der Waals surface area contributed by atoms with Crippen molar-refractivity contribution in [3.05, 3.63) is 42.6 Å². The summed E-state index contributed by atoms with van der Waals surface area (Å²) in [4.78, 5) is 0. The second-order valence-electron chi connectivity index (χ2n) is 3.65. The van der Waals surface area contributed by atoms with Crippen LogP contribution in [-0.2, 0) is 14.6 Å². The molecule has 0 radical (unpaired) electrons. The molecule has 0 atom stereocenters. The summed E-state index contributed by atoms with van der Waals surface area (Å²) in [5.74, 6) is 0. The first-order chi connectivity index (χ1) is 9.87. The summed E-state index contributed by atoms with van der Waals surface area (Å²) < 4.78 is 32.9. The lowest BCUT2D eigenvalue weighted by molar-refractivity contribution is -0.697. The smallest absolute Gasteiger partial charge is 0.274 e. The van der Waals surface area contributed by atoms with Gasteiger partial charge in [0.2, 0.25) is 16.1 Å². The van der Waals surface area contributed by atoms with Crippen molar-refractivity contribution in [2.45, 2.75) is 5.03 Å². The van der Waals surface area contributed by atoms with E-state index in [0.717, 1.165) is 17.8 Å². The largest absolute Gasteiger partial charge is 0.726 e. The molecule has 0 saturated carbocycles. The Bertz CT molecular complexity index is 678. The number of rotatable bonds is 3. The van der Waals surface area contributed by atoms with Gasteiger partial charge in [0.25, 0.3) is 5.03 Å². The minimum absolute atomic E-state index is 0.687. The molecule has 2 rings (SSSR count). The third-order valence-electron chi connectivity index (χ3n) is 2.24. The highest BCUT2D eigenvalue weighted by atomic mass is 32.3. The maximum atomic E-state index is 9.22. The van der Waals surface area contributed by atoms with Crippen molar-refractivity contribution >= 4 is 27.8 Å². The van der Waals surface area contributed by atoms with E-state index in [9.17, 15) is 13.0 Å². The molecule has 0 amide bonds. The van der Waals surface area contributed by atoms with Gasteiger partial charge < -0.3 is 10.3 Å². The van der Waals surface area contributed by atoms with Crippen LogP contribution >= 0.6 is 11.8 Å². The van der Waals surface area contributed by atoms with E-state index in [4.69, 9.17) is 5.73 Å². The lowest BCUT2D eigenvalue weighted by Gasteiger charge is -1.98. The molecule has 0 saturated heterocycles. The van der Waals surface area contributed by atoms with E-state index in [1.807, 2.05) is 47.3 Å². The third kappa shape index (κ3) is 6.08. The molecule has 0 unspecified atom stereocenters. The van der Waals surface area contributed by atoms with Crippen molar-refractivity contribution in [2.75, 3.05) is 19.1 Å². The van der Waals surface area contributed by atoms with Gasteiger partial charge in [-0.3, -0.25) is 4.18 Å². The van der Waals surface area contributed by atoms with E-state index >= 15 is 0 Å². The molecule has 0 fully saturated rings. The van der Waals surface area contributed by atoms with Crippen LogP contribution in [0, 0.1) is 0 Å². The molecule has 1 heterocycles. The van der Waals surface area contributed by atoms with Crippen molar-refractivity contribution in [1.29, 1.82) is 0 Å². The molecule has 1 aromatic heterocycles. The number of hydrogen-bond donors (Lipinski definition) is 1. The second-order valence-corrected chi connectivity index (χ2v) is 5.63. The van der Waals surface area contributed by atoms with E-state index in [1.165, 1.54) is 0 Å². The van der Waals surface area contributed by atoms with Gasteiger partial charge in [0.1, 0.15) is 6.20 Å². The Morgan fingerprint density at radius 2 is 1.90 bits per heavy atom. The van der Waals surface area contributed by atoms with Crippen LogP contribution in [-0.4, -0.2) is 31.4 Å². The summed E-state index contributed by atoms with van der Waals surface area (Å²) >= 11 is 1.62. The number of anilines is 1. The topological polar surface area (TPSA) is 109 Å². The van der Waals surface area contributed by atoms with Crippen molar-refractivity contribution < 1.29 is 21.8 Å². The van der Waals surface area contributed by atoms with Crippen LogP contribution in [0.25, 0.3) is 5.69 Å². The lowest BCUT2D eigenvalue weighted by atomic mass is 10.3. The molecule has 21 heavy (non-hydrogen) atoms. The number of nitrogens with zero attached hydrogens (tertiary/aromatic N) is 2.